The van der Waals surface area contributed by atoms with E-state index in [-0.39, 0.29) is 0 Å². The van der Waals surface area contributed by atoms with Gasteiger partial charge in [-0.2, -0.15) is 17.6 Å². The van der Waals surface area contributed by atoms with Gasteiger partial charge in [0.1, 0.15) is 7.32 Å². The molecule has 0 spiro atoms. The van der Waals surface area contributed by atoms with E-state index in [0.717, 1.165) is 0 Å². The van der Waals surface area contributed by atoms with Gasteiger partial charge in [0.25, 0.3) is 0 Å². The van der Waals surface area contributed by atoms with Crippen LogP contribution in [-0.4, -0.2) is 7.32 Å². The van der Waals surface area contributed by atoms with Crippen LogP contribution in [0.25, 0.3) is 5.83 Å². The summed E-state index contributed by atoms with van der Waals surface area (Å²) in [4.78, 5) is 0. The molecule has 1 aromatic carbocycles. The van der Waals surface area contributed by atoms with Crippen LogP contribution in [0.5, 0.6) is 5.75 Å². The van der Waals surface area contributed by atoms with Gasteiger partial charge in [-0.25, -0.2) is 13.2 Å². The molecule has 0 saturated heterocycles. The van der Waals surface area contributed by atoms with Gasteiger partial charge in [-0.05, 0) is 0 Å². The average Bonchev–Trinajstić information content (AvgIpc) is 2.32. The normalized spacial score (nSPS) is 10.4. The van der Waals surface area contributed by atoms with Crippen LogP contribution >= 0.6 is 0 Å². The topological polar surface area (TPSA) is 55.3 Å². The molecular formula is C8BF7O3-2. The van der Waals surface area contributed by atoms with Gasteiger partial charge in [-0.1, -0.05) is 0 Å². The molecule has 0 fully saturated rings. The number of halogens is 7. The lowest BCUT2D eigenvalue weighted by atomic mass is 10.1. The minimum Gasteiger partial charge on any atom is -0.860 e. The molecule has 0 saturated carbocycles. The second kappa shape index (κ2) is 5.49. The zero-order chi connectivity index (χ0) is 14.9. The molecule has 11 heteroatoms. The number of hydrogen-bond acceptors (Lipinski definition) is 3. The van der Waals surface area contributed by atoms with Crippen LogP contribution in [0.1, 0.15) is 5.56 Å². The summed E-state index contributed by atoms with van der Waals surface area (Å²) >= 11 is 0. The lowest BCUT2D eigenvalue weighted by Crippen LogP contribution is -2.50. The van der Waals surface area contributed by atoms with E-state index in [9.17, 15) is 40.8 Å². The molecule has 0 aliphatic heterocycles. The summed E-state index contributed by atoms with van der Waals surface area (Å²) < 4.78 is 92.1. The van der Waals surface area contributed by atoms with Crippen molar-refractivity contribution in [1.29, 1.82) is 0 Å². The maximum atomic E-state index is 13.1. The minimum atomic E-state index is -3.34. The van der Waals surface area contributed by atoms with Gasteiger partial charge >= 0.3 is 6.08 Å². The molecule has 1 rings (SSSR count). The van der Waals surface area contributed by atoms with Crippen LogP contribution < -0.4 is 14.7 Å². The van der Waals surface area contributed by atoms with Crippen molar-refractivity contribution in [3.63, 3.8) is 0 Å². The van der Waals surface area contributed by atoms with Crippen molar-refractivity contribution in [2.75, 3.05) is 0 Å². The van der Waals surface area contributed by atoms with E-state index in [2.05, 4.69) is 4.65 Å². The van der Waals surface area contributed by atoms with Crippen molar-refractivity contribution in [3.8, 4) is 5.75 Å². The summed E-state index contributed by atoms with van der Waals surface area (Å²) in [5.41, 5.74) is -2.31. The predicted molar refractivity (Wildman–Crippen MR) is 42.9 cm³/mol. The fourth-order valence-electron chi connectivity index (χ4n) is 1.10. The van der Waals surface area contributed by atoms with Crippen LogP contribution in [-0.2, 0) is 0 Å². The first-order valence-electron chi connectivity index (χ1n) is 4.23. The molecule has 104 valence electrons. The highest BCUT2D eigenvalue weighted by Crippen LogP contribution is 2.35. The van der Waals surface area contributed by atoms with Gasteiger partial charge in [-0.15, -0.1) is 0 Å². The average molecular weight is 288 g/mol. The molecule has 19 heavy (non-hydrogen) atoms. The van der Waals surface area contributed by atoms with E-state index in [4.69, 9.17) is 0 Å². The molecule has 3 nitrogen and oxygen atoms in total. The molecular weight excluding hydrogens is 288 g/mol. The monoisotopic (exact) mass is 288 g/mol. The lowest BCUT2D eigenvalue weighted by Gasteiger charge is -2.27. The second-order valence-electron chi connectivity index (χ2n) is 2.94. The van der Waals surface area contributed by atoms with Crippen molar-refractivity contribution >= 4 is 13.1 Å². The van der Waals surface area contributed by atoms with Crippen LogP contribution in [0.3, 0.4) is 0 Å². The third-order valence-electron chi connectivity index (χ3n) is 1.82. The summed E-state index contributed by atoms with van der Waals surface area (Å²) in [5.74, 6) is -15.0. The quantitative estimate of drug-likeness (QED) is 0.471. The van der Waals surface area contributed by atoms with E-state index in [1.165, 1.54) is 0 Å². The standard InChI is InChI=1S/C8BF7O3/c10-2-1(4(12)8(15)16)3(11)6(14)7(5(2)13)19-9(17)18/q-2. The Morgan fingerprint density at radius 2 is 1.26 bits per heavy atom. The second-order valence-corrected chi connectivity index (χ2v) is 2.94. The zero-order valence-corrected chi connectivity index (χ0v) is 8.45. The molecule has 0 atom stereocenters. The molecule has 0 unspecified atom stereocenters. The van der Waals surface area contributed by atoms with Crippen molar-refractivity contribution in [3.05, 3.63) is 34.9 Å². The van der Waals surface area contributed by atoms with E-state index in [1.54, 1.807) is 0 Å². The Hall–Kier alpha value is -1.75. The summed E-state index contributed by atoms with van der Waals surface area (Å²) in [7, 11) is -3.34. The molecule has 0 aromatic heterocycles. The summed E-state index contributed by atoms with van der Waals surface area (Å²) in [6, 6.07) is 0. The highest BCUT2D eigenvalue weighted by atomic mass is 19.3. The Labute approximate surface area is 100 Å². The van der Waals surface area contributed by atoms with E-state index >= 15 is 0 Å². The predicted octanol–water partition coefficient (Wildman–Crippen LogP) is 0.862. The van der Waals surface area contributed by atoms with Crippen molar-refractivity contribution < 1.29 is 45.4 Å². The largest absolute Gasteiger partial charge is 0.860 e. The Balaban J connectivity index is 3.61. The molecule has 0 radical (unpaired) electrons. The van der Waals surface area contributed by atoms with Gasteiger partial charge in [0.15, 0.2) is 17.4 Å². The molecule has 0 aliphatic carbocycles. The van der Waals surface area contributed by atoms with E-state index in [1.807, 2.05) is 0 Å². The van der Waals surface area contributed by atoms with Gasteiger partial charge in [-0.3, -0.25) is 0 Å². The Kier molecular flexibility index (Phi) is 4.42. The first-order chi connectivity index (χ1) is 8.68. The van der Waals surface area contributed by atoms with Gasteiger partial charge in [0, 0.05) is 0 Å². The maximum absolute atomic E-state index is 13.1. The van der Waals surface area contributed by atoms with Gasteiger partial charge in [0.2, 0.25) is 17.5 Å². The molecule has 0 heterocycles. The number of hydrogen-bond donors (Lipinski definition) is 0. The minimum absolute atomic E-state index is 2.05. The molecule has 1 aromatic rings. The summed E-state index contributed by atoms with van der Waals surface area (Å²) in [5, 5.41) is 20.0. The number of benzene rings is 1. The van der Waals surface area contributed by atoms with Crippen molar-refractivity contribution in [2.24, 2.45) is 0 Å². The fourth-order valence-corrected chi connectivity index (χ4v) is 1.10. The lowest BCUT2D eigenvalue weighted by molar-refractivity contribution is -0.372. The van der Waals surface area contributed by atoms with Crippen LogP contribution in [0.4, 0.5) is 30.7 Å². The van der Waals surface area contributed by atoms with Crippen molar-refractivity contribution in [2.45, 2.75) is 0 Å². The third-order valence-corrected chi connectivity index (χ3v) is 1.82. The first kappa shape index (κ1) is 15.3. The Morgan fingerprint density at radius 3 is 1.58 bits per heavy atom. The smallest absolute Gasteiger partial charge is 0.306 e. The molecule has 0 bridgehead atoms. The van der Waals surface area contributed by atoms with E-state index in [0.29, 0.717) is 0 Å². The zero-order valence-electron chi connectivity index (χ0n) is 8.45. The fraction of sp³-hybridized carbons (Fsp3) is 0. The van der Waals surface area contributed by atoms with Crippen molar-refractivity contribution in [1.82, 2.24) is 0 Å². The number of rotatable bonds is 3. The van der Waals surface area contributed by atoms with Gasteiger partial charge in [0.05, 0.1) is 5.56 Å². The summed E-state index contributed by atoms with van der Waals surface area (Å²) in [6.07, 6.45) is -3.23. The van der Waals surface area contributed by atoms with Crippen LogP contribution in [0.2, 0.25) is 0 Å². The maximum Gasteiger partial charge on any atom is 0.306 e. The molecule has 0 aliphatic rings. The molecule has 0 N–H and O–H groups in total. The summed E-state index contributed by atoms with van der Waals surface area (Å²) in [6.45, 7) is 0. The van der Waals surface area contributed by atoms with Crippen LogP contribution in [0.15, 0.2) is 6.08 Å². The highest BCUT2D eigenvalue weighted by molar-refractivity contribution is 6.29. The van der Waals surface area contributed by atoms with E-state index < -0.39 is 53.8 Å². The van der Waals surface area contributed by atoms with Gasteiger partial charge < -0.3 is 14.7 Å². The molecule has 0 amide bonds. The first-order valence-corrected chi connectivity index (χ1v) is 4.23. The third kappa shape index (κ3) is 2.81. The SMILES string of the molecule is [O-]B([O-])Oc1c(F)c(F)c(C(F)=C(F)F)c(F)c1F. The van der Waals surface area contributed by atoms with Crippen LogP contribution in [0, 0.1) is 23.3 Å². The highest BCUT2D eigenvalue weighted by Gasteiger charge is 2.30. The Morgan fingerprint density at radius 1 is 0.842 bits per heavy atom. The Bertz CT molecular complexity index is 513.